The highest BCUT2D eigenvalue weighted by atomic mass is 15.2. The summed E-state index contributed by atoms with van der Waals surface area (Å²) in [5, 5.41) is 0. The third-order valence-electron chi connectivity index (χ3n) is 3.12. The molecule has 1 heterocycles. The van der Waals surface area contributed by atoms with Gasteiger partial charge in [0.25, 0.3) is 0 Å². The molecular weight excluding hydrogens is 210 g/mol. The Labute approximate surface area is 106 Å². The smallest absolute Gasteiger partial charge is 0.103 e. The summed E-state index contributed by atoms with van der Waals surface area (Å²) in [6, 6.07) is 0. The van der Waals surface area contributed by atoms with Gasteiger partial charge in [-0.15, -0.1) is 0 Å². The summed E-state index contributed by atoms with van der Waals surface area (Å²) in [7, 11) is 0. The molecule has 0 bridgehead atoms. The Bertz CT molecular complexity index is 246. The number of hydrogen-bond donors (Lipinski definition) is 1. The average molecular weight is 237 g/mol. The van der Waals surface area contributed by atoms with E-state index in [2.05, 4.69) is 29.0 Å². The van der Waals surface area contributed by atoms with Crippen molar-refractivity contribution in [2.24, 2.45) is 10.7 Å². The Morgan fingerprint density at radius 1 is 1.29 bits per heavy atom. The molecule has 0 aromatic heterocycles. The number of nitrogens with two attached hydrogens (primary N) is 1. The van der Waals surface area contributed by atoms with Gasteiger partial charge in [-0.1, -0.05) is 38.3 Å². The summed E-state index contributed by atoms with van der Waals surface area (Å²) < 4.78 is 0. The highest BCUT2D eigenvalue weighted by Gasteiger charge is 2.13. The number of allylic oxidation sites excluding steroid dienone is 1. The van der Waals surface area contributed by atoms with Crippen LogP contribution in [-0.4, -0.2) is 36.9 Å². The van der Waals surface area contributed by atoms with Crippen LogP contribution in [0.15, 0.2) is 17.1 Å². The molecule has 0 aromatic carbocycles. The van der Waals surface area contributed by atoms with Crippen LogP contribution in [0.2, 0.25) is 0 Å². The van der Waals surface area contributed by atoms with Gasteiger partial charge in [-0.25, -0.2) is 0 Å². The van der Waals surface area contributed by atoms with Crippen molar-refractivity contribution in [3.63, 3.8) is 0 Å². The van der Waals surface area contributed by atoms with Crippen molar-refractivity contribution in [2.75, 3.05) is 26.2 Å². The monoisotopic (exact) mass is 237 g/mol. The van der Waals surface area contributed by atoms with Gasteiger partial charge in [-0.3, -0.25) is 4.99 Å². The molecule has 17 heavy (non-hydrogen) atoms. The first kappa shape index (κ1) is 14.2. The maximum atomic E-state index is 5.58. The Kier molecular flexibility index (Phi) is 7.72. The van der Waals surface area contributed by atoms with Crippen LogP contribution in [0.5, 0.6) is 0 Å². The maximum Gasteiger partial charge on any atom is 0.103 e. The molecule has 0 spiro atoms. The van der Waals surface area contributed by atoms with Crippen molar-refractivity contribution < 1.29 is 0 Å². The fraction of sp³-hybridized carbons (Fsp3) is 0.786. The van der Waals surface area contributed by atoms with Crippen LogP contribution < -0.4 is 5.73 Å². The molecule has 0 saturated carbocycles. The Morgan fingerprint density at radius 3 is 2.94 bits per heavy atom. The predicted octanol–water partition coefficient (Wildman–Crippen LogP) is 2.58. The van der Waals surface area contributed by atoms with Gasteiger partial charge in [-0.2, -0.15) is 0 Å². The normalized spacial score (nSPS) is 15.9. The fourth-order valence-corrected chi connectivity index (χ4v) is 2.11. The summed E-state index contributed by atoms with van der Waals surface area (Å²) in [6.45, 7) is 5.92. The summed E-state index contributed by atoms with van der Waals surface area (Å²) in [5.41, 5.74) is 5.58. The number of hydrogen-bond acceptors (Lipinski definition) is 3. The number of rotatable bonds is 9. The van der Waals surface area contributed by atoms with E-state index in [4.69, 9.17) is 5.73 Å². The van der Waals surface area contributed by atoms with Gasteiger partial charge < -0.3 is 10.6 Å². The standard InChI is InChI=1S/C14H27N3/c1-2-3-4-5-6-7-8-9-14-16-11-13-17(14)12-10-15/h7-8H,2-6,9-13,15H2,1H3/b8-7+. The molecular formula is C14H27N3. The van der Waals surface area contributed by atoms with Gasteiger partial charge in [0.05, 0.1) is 6.54 Å². The minimum Gasteiger partial charge on any atom is -0.357 e. The van der Waals surface area contributed by atoms with Crippen LogP contribution >= 0.6 is 0 Å². The van der Waals surface area contributed by atoms with Gasteiger partial charge in [0.1, 0.15) is 5.84 Å². The Morgan fingerprint density at radius 2 is 2.18 bits per heavy atom. The molecule has 3 heteroatoms. The van der Waals surface area contributed by atoms with Gasteiger partial charge in [0.15, 0.2) is 0 Å². The molecule has 98 valence electrons. The van der Waals surface area contributed by atoms with E-state index in [9.17, 15) is 0 Å². The Balaban J connectivity index is 2.10. The molecule has 0 aliphatic carbocycles. The molecule has 0 radical (unpaired) electrons. The number of unbranched alkanes of at least 4 members (excludes halogenated alkanes) is 4. The lowest BCUT2D eigenvalue weighted by Gasteiger charge is -2.18. The molecule has 3 nitrogen and oxygen atoms in total. The van der Waals surface area contributed by atoms with E-state index >= 15 is 0 Å². The van der Waals surface area contributed by atoms with Gasteiger partial charge in [0.2, 0.25) is 0 Å². The van der Waals surface area contributed by atoms with E-state index in [1.165, 1.54) is 37.9 Å². The highest BCUT2D eigenvalue weighted by molar-refractivity contribution is 5.85. The molecule has 0 amide bonds. The summed E-state index contributed by atoms with van der Waals surface area (Å²) in [5.74, 6) is 1.22. The maximum absolute atomic E-state index is 5.58. The number of amidine groups is 1. The highest BCUT2D eigenvalue weighted by Crippen LogP contribution is 2.07. The van der Waals surface area contributed by atoms with E-state index in [1.807, 2.05) is 0 Å². The largest absolute Gasteiger partial charge is 0.357 e. The third-order valence-corrected chi connectivity index (χ3v) is 3.12. The first-order chi connectivity index (χ1) is 8.38. The molecule has 1 aliphatic heterocycles. The topological polar surface area (TPSA) is 41.6 Å². The fourth-order valence-electron chi connectivity index (χ4n) is 2.11. The summed E-state index contributed by atoms with van der Waals surface area (Å²) >= 11 is 0. The lowest BCUT2D eigenvalue weighted by Crippen LogP contribution is -2.32. The van der Waals surface area contributed by atoms with Crippen LogP contribution in [0.1, 0.15) is 45.4 Å². The summed E-state index contributed by atoms with van der Waals surface area (Å²) in [4.78, 5) is 6.83. The van der Waals surface area contributed by atoms with E-state index in [-0.39, 0.29) is 0 Å². The van der Waals surface area contributed by atoms with E-state index < -0.39 is 0 Å². The van der Waals surface area contributed by atoms with Crippen LogP contribution in [-0.2, 0) is 0 Å². The molecule has 1 aliphatic rings. The molecule has 0 atom stereocenters. The quantitative estimate of drug-likeness (QED) is 0.494. The first-order valence-electron chi connectivity index (χ1n) is 7.01. The molecule has 0 unspecified atom stereocenters. The molecule has 0 fully saturated rings. The SMILES string of the molecule is CCCCCC/C=C/CC1=NCCN1CCN. The number of aliphatic imine (C=N–C) groups is 1. The van der Waals surface area contributed by atoms with E-state index in [1.54, 1.807) is 0 Å². The Hall–Kier alpha value is -0.830. The van der Waals surface area contributed by atoms with E-state index in [0.717, 1.165) is 32.6 Å². The summed E-state index contributed by atoms with van der Waals surface area (Å²) in [6.07, 6.45) is 12.1. The molecule has 0 saturated heterocycles. The second-order valence-corrected chi connectivity index (χ2v) is 4.60. The van der Waals surface area contributed by atoms with Crippen molar-refractivity contribution in [1.29, 1.82) is 0 Å². The second kappa shape index (κ2) is 9.23. The second-order valence-electron chi connectivity index (χ2n) is 4.60. The molecule has 0 aromatic rings. The van der Waals surface area contributed by atoms with Crippen LogP contribution in [0, 0.1) is 0 Å². The van der Waals surface area contributed by atoms with Crippen molar-refractivity contribution in [1.82, 2.24) is 4.90 Å². The van der Waals surface area contributed by atoms with Crippen molar-refractivity contribution in [3.8, 4) is 0 Å². The molecule has 2 N–H and O–H groups in total. The van der Waals surface area contributed by atoms with Gasteiger partial charge in [0, 0.05) is 26.1 Å². The van der Waals surface area contributed by atoms with Crippen molar-refractivity contribution >= 4 is 5.84 Å². The van der Waals surface area contributed by atoms with E-state index in [0.29, 0.717) is 0 Å². The van der Waals surface area contributed by atoms with Crippen molar-refractivity contribution in [2.45, 2.75) is 45.4 Å². The predicted molar refractivity (Wildman–Crippen MR) is 75.4 cm³/mol. The van der Waals surface area contributed by atoms with Gasteiger partial charge in [-0.05, 0) is 12.8 Å². The average Bonchev–Trinajstić information content (AvgIpc) is 2.76. The minimum absolute atomic E-state index is 0.722. The van der Waals surface area contributed by atoms with Gasteiger partial charge >= 0.3 is 0 Å². The zero-order valence-corrected chi connectivity index (χ0v) is 11.2. The van der Waals surface area contributed by atoms with Crippen molar-refractivity contribution in [3.05, 3.63) is 12.2 Å². The van der Waals surface area contributed by atoms with Crippen LogP contribution in [0.25, 0.3) is 0 Å². The van der Waals surface area contributed by atoms with Crippen LogP contribution in [0.4, 0.5) is 0 Å². The molecule has 1 rings (SSSR count). The lowest BCUT2D eigenvalue weighted by molar-refractivity contribution is 0.462. The third kappa shape index (κ3) is 5.87. The lowest BCUT2D eigenvalue weighted by atomic mass is 10.1. The zero-order valence-electron chi connectivity index (χ0n) is 11.2. The number of nitrogens with zero attached hydrogens (tertiary/aromatic N) is 2. The zero-order chi connectivity index (χ0) is 12.3. The minimum atomic E-state index is 0.722. The van der Waals surface area contributed by atoms with Crippen LogP contribution in [0.3, 0.4) is 0 Å². The first-order valence-corrected chi connectivity index (χ1v) is 7.01.